The zero-order valence-corrected chi connectivity index (χ0v) is 9.16. The first-order valence-corrected chi connectivity index (χ1v) is 4.65. The van der Waals surface area contributed by atoms with E-state index in [1.54, 1.807) is 6.92 Å². The van der Waals surface area contributed by atoms with Gasteiger partial charge in [-0.25, -0.2) is 0 Å². The van der Waals surface area contributed by atoms with Crippen LogP contribution >= 0.6 is 0 Å². The fourth-order valence-corrected chi connectivity index (χ4v) is 0.745. The zero-order chi connectivity index (χ0) is 10.3. The van der Waals surface area contributed by atoms with Crippen molar-refractivity contribution in [1.29, 1.82) is 0 Å². The number of likely N-dealkylation sites (N-methyl/N-ethyl adjacent to an activating group) is 2. The highest BCUT2D eigenvalue weighted by Crippen LogP contribution is 1.89. The lowest BCUT2D eigenvalue weighted by molar-refractivity contribution is 0.0129. The summed E-state index contributed by atoms with van der Waals surface area (Å²) in [4.78, 5) is 3.92. The van der Waals surface area contributed by atoms with E-state index in [-0.39, 0.29) is 0 Å². The topological polar surface area (TPSA) is 35.9 Å². The number of rotatable bonds is 7. The van der Waals surface area contributed by atoms with E-state index < -0.39 is 6.23 Å². The second-order valence-corrected chi connectivity index (χ2v) is 3.53. The van der Waals surface area contributed by atoms with Crippen LogP contribution in [-0.4, -0.2) is 68.6 Å². The van der Waals surface area contributed by atoms with Crippen LogP contribution < -0.4 is 0 Å². The standard InChI is InChI=1S/C9H22N2O2/c1-9(12)11(4)6-8-13-7-5-10(2)3/h9,12H,5-8H2,1-4H3. The third kappa shape index (κ3) is 8.18. The van der Waals surface area contributed by atoms with Crippen LogP contribution in [0.2, 0.25) is 0 Å². The van der Waals surface area contributed by atoms with Crippen molar-refractivity contribution in [2.45, 2.75) is 13.2 Å². The van der Waals surface area contributed by atoms with Gasteiger partial charge in [-0.3, -0.25) is 4.90 Å². The number of aliphatic hydroxyl groups excluding tert-OH is 1. The maximum atomic E-state index is 9.13. The summed E-state index contributed by atoms with van der Waals surface area (Å²) in [5, 5.41) is 9.13. The minimum absolute atomic E-state index is 0.391. The van der Waals surface area contributed by atoms with Gasteiger partial charge < -0.3 is 14.7 Å². The molecule has 0 aromatic carbocycles. The van der Waals surface area contributed by atoms with Crippen molar-refractivity contribution in [2.75, 3.05) is 47.4 Å². The zero-order valence-electron chi connectivity index (χ0n) is 9.16. The molecular formula is C9H22N2O2. The minimum Gasteiger partial charge on any atom is -0.379 e. The number of hydrogen-bond donors (Lipinski definition) is 1. The van der Waals surface area contributed by atoms with Gasteiger partial charge in [-0.15, -0.1) is 0 Å². The first kappa shape index (κ1) is 12.8. The van der Waals surface area contributed by atoms with Crippen molar-refractivity contribution >= 4 is 0 Å². The predicted molar refractivity (Wildman–Crippen MR) is 53.7 cm³/mol. The molecule has 0 radical (unpaired) electrons. The Morgan fingerprint density at radius 3 is 2.15 bits per heavy atom. The fraction of sp³-hybridized carbons (Fsp3) is 1.00. The molecule has 0 spiro atoms. The average molecular weight is 190 g/mol. The molecule has 0 aliphatic carbocycles. The molecule has 1 N–H and O–H groups in total. The predicted octanol–water partition coefficient (Wildman–Crippen LogP) is -0.165. The Kier molecular flexibility index (Phi) is 7.17. The van der Waals surface area contributed by atoms with Crippen LogP contribution in [-0.2, 0) is 4.74 Å². The summed E-state index contributed by atoms with van der Waals surface area (Å²) in [7, 11) is 5.91. The third-order valence-corrected chi connectivity index (χ3v) is 1.91. The van der Waals surface area contributed by atoms with Gasteiger partial charge >= 0.3 is 0 Å². The smallest absolute Gasteiger partial charge is 0.104 e. The van der Waals surface area contributed by atoms with Crippen LogP contribution in [0, 0.1) is 0 Å². The normalized spacial score (nSPS) is 14.1. The first-order valence-electron chi connectivity index (χ1n) is 4.65. The fourth-order valence-electron chi connectivity index (χ4n) is 0.745. The average Bonchev–Trinajstić information content (AvgIpc) is 2.02. The summed E-state index contributed by atoms with van der Waals surface area (Å²) >= 11 is 0. The maximum Gasteiger partial charge on any atom is 0.104 e. The number of hydrogen-bond acceptors (Lipinski definition) is 4. The van der Waals surface area contributed by atoms with Gasteiger partial charge in [0, 0.05) is 13.1 Å². The van der Waals surface area contributed by atoms with Crippen LogP contribution in [0.15, 0.2) is 0 Å². The van der Waals surface area contributed by atoms with Crippen LogP contribution in [0.25, 0.3) is 0 Å². The second-order valence-electron chi connectivity index (χ2n) is 3.53. The van der Waals surface area contributed by atoms with E-state index in [2.05, 4.69) is 4.90 Å². The number of aliphatic hydroxyl groups is 1. The van der Waals surface area contributed by atoms with Crippen LogP contribution in [0.5, 0.6) is 0 Å². The van der Waals surface area contributed by atoms with E-state index in [1.807, 2.05) is 26.0 Å². The molecule has 0 aromatic rings. The summed E-state index contributed by atoms with van der Waals surface area (Å²) in [5.41, 5.74) is 0. The Bertz CT molecular complexity index is 118. The van der Waals surface area contributed by atoms with E-state index in [1.165, 1.54) is 0 Å². The van der Waals surface area contributed by atoms with Crippen molar-refractivity contribution < 1.29 is 9.84 Å². The maximum absolute atomic E-state index is 9.13. The molecule has 0 heterocycles. The molecule has 13 heavy (non-hydrogen) atoms. The summed E-state index contributed by atoms with van der Waals surface area (Å²) < 4.78 is 5.37. The van der Waals surface area contributed by atoms with E-state index in [0.29, 0.717) is 6.61 Å². The molecule has 1 unspecified atom stereocenters. The van der Waals surface area contributed by atoms with Crippen LogP contribution in [0.3, 0.4) is 0 Å². The summed E-state index contributed by atoms with van der Waals surface area (Å²) in [5.74, 6) is 0. The Morgan fingerprint density at radius 1 is 1.15 bits per heavy atom. The van der Waals surface area contributed by atoms with Crippen molar-refractivity contribution in [3.8, 4) is 0 Å². The Balaban J connectivity index is 3.16. The van der Waals surface area contributed by atoms with Crippen molar-refractivity contribution in [1.82, 2.24) is 9.80 Å². The molecule has 0 saturated carbocycles. The molecule has 0 saturated heterocycles. The Labute approximate surface area is 81.1 Å². The highest BCUT2D eigenvalue weighted by molar-refractivity contribution is 4.50. The minimum atomic E-state index is -0.391. The van der Waals surface area contributed by atoms with Gasteiger partial charge in [0.2, 0.25) is 0 Å². The third-order valence-electron chi connectivity index (χ3n) is 1.91. The van der Waals surface area contributed by atoms with Crippen LogP contribution in [0.1, 0.15) is 6.92 Å². The molecule has 0 aromatic heterocycles. The lowest BCUT2D eigenvalue weighted by atomic mass is 10.5. The lowest BCUT2D eigenvalue weighted by Crippen LogP contribution is -2.32. The lowest BCUT2D eigenvalue weighted by Gasteiger charge is -2.19. The number of nitrogens with zero attached hydrogens (tertiary/aromatic N) is 2. The van der Waals surface area contributed by atoms with Gasteiger partial charge in [-0.05, 0) is 28.1 Å². The Hall–Kier alpha value is -0.160. The second kappa shape index (κ2) is 7.26. The van der Waals surface area contributed by atoms with E-state index >= 15 is 0 Å². The van der Waals surface area contributed by atoms with Crippen molar-refractivity contribution in [3.05, 3.63) is 0 Å². The van der Waals surface area contributed by atoms with Gasteiger partial charge in [0.1, 0.15) is 6.23 Å². The molecular weight excluding hydrogens is 168 g/mol. The number of ether oxygens (including phenoxy) is 1. The molecule has 80 valence electrons. The molecule has 0 aliphatic rings. The molecule has 0 bridgehead atoms. The van der Waals surface area contributed by atoms with Crippen molar-refractivity contribution in [3.63, 3.8) is 0 Å². The first-order chi connectivity index (χ1) is 6.04. The van der Waals surface area contributed by atoms with Gasteiger partial charge in [0.25, 0.3) is 0 Å². The highest BCUT2D eigenvalue weighted by Gasteiger charge is 2.02. The van der Waals surface area contributed by atoms with E-state index in [4.69, 9.17) is 9.84 Å². The van der Waals surface area contributed by atoms with Gasteiger partial charge in [0.05, 0.1) is 13.2 Å². The molecule has 0 fully saturated rings. The van der Waals surface area contributed by atoms with Gasteiger partial charge in [-0.2, -0.15) is 0 Å². The van der Waals surface area contributed by atoms with Gasteiger partial charge in [-0.1, -0.05) is 0 Å². The summed E-state index contributed by atoms with van der Waals surface area (Å²) in [6, 6.07) is 0. The molecule has 4 heteroatoms. The van der Waals surface area contributed by atoms with E-state index in [9.17, 15) is 0 Å². The van der Waals surface area contributed by atoms with E-state index in [0.717, 1.165) is 19.7 Å². The quantitative estimate of drug-likeness (QED) is 0.447. The molecule has 0 aliphatic heterocycles. The van der Waals surface area contributed by atoms with Crippen LogP contribution in [0.4, 0.5) is 0 Å². The summed E-state index contributed by atoms with van der Waals surface area (Å²) in [6.07, 6.45) is -0.391. The largest absolute Gasteiger partial charge is 0.379 e. The molecule has 4 nitrogen and oxygen atoms in total. The summed E-state index contributed by atoms with van der Waals surface area (Å²) in [6.45, 7) is 4.89. The van der Waals surface area contributed by atoms with Crippen molar-refractivity contribution in [2.24, 2.45) is 0 Å². The Morgan fingerprint density at radius 2 is 1.69 bits per heavy atom. The molecule has 0 rings (SSSR count). The SMILES string of the molecule is CC(O)N(C)CCOCCN(C)C. The monoisotopic (exact) mass is 190 g/mol. The highest BCUT2D eigenvalue weighted by atomic mass is 16.5. The molecule has 1 atom stereocenters. The molecule has 0 amide bonds. The van der Waals surface area contributed by atoms with Gasteiger partial charge in [0.15, 0.2) is 0 Å².